The molecule has 1 aliphatic carbocycles. The smallest absolute Gasteiger partial charge is 0.0815 e. The number of aryl methyl sites for hydroxylation is 1. The monoisotopic (exact) mass is 283 g/mol. The van der Waals surface area contributed by atoms with Gasteiger partial charge in [-0.15, -0.1) is 0 Å². The quantitative estimate of drug-likeness (QED) is 0.871. The Balaban J connectivity index is 1.62. The molecular weight excluding hydrogens is 258 g/mol. The molecule has 1 aromatic heterocycles. The van der Waals surface area contributed by atoms with Crippen molar-refractivity contribution in [3.8, 4) is 0 Å². The molecule has 0 atom stereocenters. The molecule has 2 aromatic rings. The summed E-state index contributed by atoms with van der Waals surface area (Å²) in [5, 5.41) is 8.28. The average molecular weight is 283 g/mol. The largest absolute Gasteiger partial charge is 0.379 e. The fourth-order valence-electron chi connectivity index (χ4n) is 3.21. The lowest BCUT2D eigenvalue weighted by atomic mass is 9.96. The van der Waals surface area contributed by atoms with Crippen LogP contribution in [0.4, 0.5) is 5.69 Å². The molecule has 112 valence electrons. The van der Waals surface area contributed by atoms with Crippen LogP contribution in [0.3, 0.4) is 0 Å². The van der Waals surface area contributed by atoms with E-state index in [9.17, 15) is 0 Å². The molecule has 1 saturated carbocycles. The van der Waals surface area contributed by atoms with E-state index in [1.807, 2.05) is 0 Å². The van der Waals surface area contributed by atoms with Gasteiger partial charge in [-0.05, 0) is 37.0 Å². The van der Waals surface area contributed by atoms with Crippen LogP contribution in [0.1, 0.15) is 56.3 Å². The Morgan fingerprint density at radius 3 is 2.76 bits per heavy atom. The summed E-state index contributed by atoms with van der Waals surface area (Å²) in [5.41, 5.74) is 3.72. The summed E-state index contributed by atoms with van der Waals surface area (Å²) < 4.78 is 2.18. The second-order valence-electron chi connectivity index (χ2n) is 5.94. The maximum atomic E-state index is 4.76. The molecule has 1 aromatic carbocycles. The predicted molar refractivity (Wildman–Crippen MR) is 87.5 cm³/mol. The van der Waals surface area contributed by atoms with Crippen LogP contribution in [0.5, 0.6) is 0 Å². The Kier molecular flexibility index (Phi) is 4.59. The van der Waals surface area contributed by atoms with Crippen molar-refractivity contribution in [2.45, 2.75) is 58.0 Å². The van der Waals surface area contributed by atoms with E-state index in [0.717, 1.165) is 18.7 Å². The average Bonchev–Trinajstić information content (AvgIpc) is 3.03. The van der Waals surface area contributed by atoms with Crippen LogP contribution >= 0.6 is 0 Å². The van der Waals surface area contributed by atoms with Crippen LogP contribution in [0, 0.1) is 0 Å². The van der Waals surface area contributed by atoms with Gasteiger partial charge in [0.25, 0.3) is 0 Å². The number of hydrogen-bond donors (Lipinski definition) is 1. The molecule has 1 aliphatic rings. The number of anilines is 1. The Morgan fingerprint density at radius 2 is 1.95 bits per heavy atom. The minimum atomic E-state index is 0.621. The van der Waals surface area contributed by atoms with E-state index in [4.69, 9.17) is 5.10 Å². The Hall–Kier alpha value is -1.77. The molecule has 0 spiro atoms. The molecule has 0 aliphatic heterocycles. The topological polar surface area (TPSA) is 29.9 Å². The standard InChI is InChI=1S/C18H25N3/c1-2-15-8-6-7-11-18(15)19-14-16-12-13-21(20-16)17-9-4-3-5-10-17/h6-8,11-13,17,19H,2-5,9-10,14H2,1H3. The van der Waals surface area contributed by atoms with E-state index in [0.29, 0.717) is 6.04 Å². The molecule has 0 amide bonds. The van der Waals surface area contributed by atoms with Crippen LogP contribution in [0.2, 0.25) is 0 Å². The summed E-state index contributed by atoms with van der Waals surface area (Å²) in [4.78, 5) is 0. The van der Waals surface area contributed by atoms with Gasteiger partial charge in [0, 0.05) is 11.9 Å². The highest BCUT2D eigenvalue weighted by molar-refractivity contribution is 5.51. The van der Waals surface area contributed by atoms with Gasteiger partial charge in [-0.1, -0.05) is 44.4 Å². The van der Waals surface area contributed by atoms with Crippen LogP contribution < -0.4 is 5.32 Å². The fourth-order valence-corrected chi connectivity index (χ4v) is 3.21. The first kappa shape index (κ1) is 14.2. The molecule has 1 heterocycles. The van der Waals surface area contributed by atoms with Gasteiger partial charge >= 0.3 is 0 Å². The number of benzene rings is 1. The lowest BCUT2D eigenvalue weighted by Gasteiger charge is -2.21. The minimum Gasteiger partial charge on any atom is -0.379 e. The highest BCUT2D eigenvalue weighted by Crippen LogP contribution is 2.27. The molecule has 1 N–H and O–H groups in total. The van der Waals surface area contributed by atoms with E-state index in [1.54, 1.807) is 0 Å². The summed E-state index contributed by atoms with van der Waals surface area (Å²) in [6.07, 6.45) is 9.86. The number of rotatable bonds is 5. The molecule has 0 unspecified atom stereocenters. The lowest BCUT2D eigenvalue weighted by molar-refractivity contribution is 0.328. The van der Waals surface area contributed by atoms with Crippen LogP contribution in [0.25, 0.3) is 0 Å². The Bertz CT molecular complexity index is 567. The second-order valence-corrected chi connectivity index (χ2v) is 5.94. The van der Waals surface area contributed by atoms with Crippen LogP contribution in [-0.4, -0.2) is 9.78 Å². The summed E-state index contributed by atoms with van der Waals surface area (Å²) in [5.74, 6) is 0. The number of nitrogens with zero attached hydrogens (tertiary/aromatic N) is 2. The van der Waals surface area contributed by atoms with Crippen LogP contribution in [-0.2, 0) is 13.0 Å². The zero-order valence-corrected chi connectivity index (χ0v) is 12.9. The molecule has 0 bridgehead atoms. The highest BCUT2D eigenvalue weighted by Gasteiger charge is 2.15. The van der Waals surface area contributed by atoms with Gasteiger partial charge < -0.3 is 5.32 Å². The van der Waals surface area contributed by atoms with E-state index in [2.05, 4.69) is 53.5 Å². The lowest BCUT2D eigenvalue weighted by Crippen LogP contribution is -2.14. The molecule has 0 radical (unpaired) electrons. The molecular formula is C18H25N3. The molecule has 21 heavy (non-hydrogen) atoms. The molecule has 3 nitrogen and oxygen atoms in total. The Labute approximate surface area is 127 Å². The van der Waals surface area contributed by atoms with E-state index in [-0.39, 0.29) is 0 Å². The van der Waals surface area contributed by atoms with Crippen molar-refractivity contribution in [1.82, 2.24) is 9.78 Å². The zero-order valence-electron chi connectivity index (χ0n) is 12.9. The fraction of sp³-hybridized carbons (Fsp3) is 0.500. The third-order valence-electron chi connectivity index (χ3n) is 4.47. The molecule has 1 fully saturated rings. The molecule has 0 saturated heterocycles. The van der Waals surface area contributed by atoms with Crippen molar-refractivity contribution in [2.24, 2.45) is 0 Å². The maximum absolute atomic E-state index is 4.76. The number of para-hydroxylation sites is 1. The third kappa shape index (κ3) is 3.46. The van der Waals surface area contributed by atoms with Crippen molar-refractivity contribution in [2.75, 3.05) is 5.32 Å². The summed E-state index contributed by atoms with van der Waals surface area (Å²) in [6, 6.07) is 11.3. The number of nitrogens with one attached hydrogen (secondary N) is 1. The van der Waals surface area contributed by atoms with Gasteiger partial charge in [0.1, 0.15) is 0 Å². The van der Waals surface area contributed by atoms with Crippen molar-refractivity contribution < 1.29 is 0 Å². The number of aromatic nitrogens is 2. The summed E-state index contributed by atoms with van der Waals surface area (Å²) in [6.45, 7) is 3.00. The predicted octanol–water partition coefficient (Wildman–Crippen LogP) is 4.56. The molecule has 3 heteroatoms. The van der Waals surface area contributed by atoms with Crippen molar-refractivity contribution in [3.05, 3.63) is 47.8 Å². The van der Waals surface area contributed by atoms with E-state index in [1.165, 1.54) is 43.4 Å². The van der Waals surface area contributed by atoms with Crippen molar-refractivity contribution in [1.29, 1.82) is 0 Å². The van der Waals surface area contributed by atoms with E-state index >= 15 is 0 Å². The normalized spacial score (nSPS) is 16.0. The van der Waals surface area contributed by atoms with Crippen LogP contribution in [0.15, 0.2) is 36.5 Å². The van der Waals surface area contributed by atoms with Crippen molar-refractivity contribution >= 4 is 5.69 Å². The van der Waals surface area contributed by atoms with Gasteiger partial charge in [-0.2, -0.15) is 5.10 Å². The second kappa shape index (κ2) is 6.79. The van der Waals surface area contributed by atoms with Gasteiger partial charge in [-0.25, -0.2) is 0 Å². The molecule has 3 rings (SSSR count). The first-order valence-corrected chi connectivity index (χ1v) is 8.22. The summed E-state index contributed by atoms with van der Waals surface area (Å²) >= 11 is 0. The maximum Gasteiger partial charge on any atom is 0.0815 e. The summed E-state index contributed by atoms with van der Waals surface area (Å²) in [7, 11) is 0. The third-order valence-corrected chi connectivity index (χ3v) is 4.47. The number of hydrogen-bond acceptors (Lipinski definition) is 2. The van der Waals surface area contributed by atoms with Gasteiger partial charge in [-0.3, -0.25) is 4.68 Å². The Morgan fingerprint density at radius 1 is 1.14 bits per heavy atom. The minimum absolute atomic E-state index is 0.621. The van der Waals surface area contributed by atoms with Gasteiger partial charge in [0.05, 0.1) is 18.3 Å². The van der Waals surface area contributed by atoms with Crippen molar-refractivity contribution in [3.63, 3.8) is 0 Å². The highest BCUT2D eigenvalue weighted by atomic mass is 15.3. The first-order chi connectivity index (χ1) is 10.4. The first-order valence-electron chi connectivity index (χ1n) is 8.22. The van der Waals surface area contributed by atoms with Gasteiger partial charge in [0.15, 0.2) is 0 Å². The van der Waals surface area contributed by atoms with E-state index < -0.39 is 0 Å². The van der Waals surface area contributed by atoms with Gasteiger partial charge in [0.2, 0.25) is 0 Å². The SMILES string of the molecule is CCc1ccccc1NCc1ccn(C2CCCCC2)n1. The zero-order chi connectivity index (χ0) is 14.5.